The minimum Gasteiger partial charge on any atom is -0.264 e. The van der Waals surface area contributed by atoms with Crippen molar-refractivity contribution in [3.05, 3.63) is 72.3 Å². The standard InChI is InChI=1S/C29H35N3O2S/c1-28-13-11-22(32-35(33,34)23-6-4-16-31-19-23)17-21(28)7-8-24-26-10-9-25(20-5-3-15-30-18-20)29(26,2)14-12-27(24)28/h3-7,9,15-16,18-19,22,24,26-27,32H,8,10-14,17H2,1-2H3/t22-,24?,26?,27?,28-,29+/m0/s1. The summed E-state index contributed by atoms with van der Waals surface area (Å²) < 4.78 is 28.8. The third-order valence-corrected chi connectivity index (χ3v) is 11.4. The van der Waals surface area contributed by atoms with E-state index in [0.29, 0.717) is 17.8 Å². The fourth-order valence-electron chi connectivity index (χ4n) is 8.09. The van der Waals surface area contributed by atoms with Gasteiger partial charge >= 0.3 is 0 Å². The molecule has 4 aliphatic rings. The molecule has 0 bridgehead atoms. The Morgan fingerprint density at radius 1 is 0.914 bits per heavy atom. The van der Waals surface area contributed by atoms with Gasteiger partial charge in [0.05, 0.1) is 0 Å². The minimum absolute atomic E-state index is 0.0460. The summed E-state index contributed by atoms with van der Waals surface area (Å²) in [5.74, 6) is 2.04. The van der Waals surface area contributed by atoms with Gasteiger partial charge in [-0.15, -0.1) is 0 Å². The van der Waals surface area contributed by atoms with E-state index in [4.69, 9.17) is 0 Å². The molecule has 2 aromatic rings. The van der Waals surface area contributed by atoms with Crippen LogP contribution in [0.4, 0.5) is 0 Å². The summed E-state index contributed by atoms with van der Waals surface area (Å²) in [7, 11) is -3.54. The highest BCUT2D eigenvalue weighted by Crippen LogP contribution is 2.66. The van der Waals surface area contributed by atoms with Crippen LogP contribution in [-0.4, -0.2) is 24.4 Å². The van der Waals surface area contributed by atoms with Crippen molar-refractivity contribution in [1.82, 2.24) is 14.7 Å². The minimum atomic E-state index is -3.54. The van der Waals surface area contributed by atoms with Gasteiger partial charge in [-0.25, -0.2) is 13.1 Å². The Morgan fingerprint density at radius 2 is 1.69 bits per heavy atom. The van der Waals surface area contributed by atoms with Crippen molar-refractivity contribution in [2.75, 3.05) is 0 Å². The number of pyridine rings is 2. The Bertz CT molecular complexity index is 1270. The topological polar surface area (TPSA) is 72.0 Å². The molecule has 0 radical (unpaired) electrons. The number of fused-ring (bicyclic) bond motifs is 5. The van der Waals surface area contributed by atoms with E-state index in [2.05, 4.69) is 52.8 Å². The van der Waals surface area contributed by atoms with Crippen LogP contribution in [0, 0.1) is 28.6 Å². The van der Waals surface area contributed by atoms with Crippen LogP contribution in [0.1, 0.15) is 64.4 Å². The molecule has 184 valence electrons. The van der Waals surface area contributed by atoms with Gasteiger partial charge in [0.25, 0.3) is 0 Å². The molecule has 35 heavy (non-hydrogen) atoms. The first-order chi connectivity index (χ1) is 16.8. The van der Waals surface area contributed by atoms with Gasteiger partial charge < -0.3 is 0 Å². The van der Waals surface area contributed by atoms with Crippen molar-refractivity contribution in [3.8, 4) is 0 Å². The van der Waals surface area contributed by atoms with E-state index >= 15 is 0 Å². The highest BCUT2D eigenvalue weighted by molar-refractivity contribution is 7.89. The molecule has 6 heteroatoms. The molecule has 2 saturated carbocycles. The Balaban J connectivity index is 1.21. The smallest absolute Gasteiger partial charge is 0.242 e. The Labute approximate surface area is 209 Å². The maximum absolute atomic E-state index is 12.9. The number of nitrogens with one attached hydrogen (secondary N) is 1. The zero-order valence-electron chi connectivity index (χ0n) is 20.7. The normalized spacial score (nSPS) is 36.4. The molecule has 0 aliphatic heterocycles. The SMILES string of the molecule is C[C@]12CC[C@H](NS(=O)(=O)c3cccnc3)CC1=CCC1C2CC[C@]2(C)C(c3cccnc3)=CCC12. The Morgan fingerprint density at radius 3 is 2.43 bits per heavy atom. The monoisotopic (exact) mass is 489 g/mol. The number of hydrogen-bond acceptors (Lipinski definition) is 4. The van der Waals surface area contributed by atoms with Crippen molar-refractivity contribution in [1.29, 1.82) is 0 Å². The highest BCUT2D eigenvalue weighted by Gasteiger charge is 2.56. The lowest BCUT2D eigenvalue weighted by Gasteiger charge is -2.58. The van der Waals surface area contributed by atoms with E-state index in [-0.39, 0.29) is 21.8 Å². The maximum Gasteiger partial charge on any atom is 0.242 e. The molecule has 5 nitrogen and oxygen atoms in total. The molecule has 0 spiro atoms. The highest BCUT2D eigenvalue weighted by atomic mass is 32.2. The first-order valence-electron chi connectivity index (χ1n) is 13.0. The van der Waals surface area contributed by atoms with Crippen LogP contribution in [-0.2, 0) is 10.0 Å². The molecule has 6 rings (SSSR count). The second-order valence-corrected chi connectivity index (χ2v) is 13.3. The molecule has 4 aliphatic carbocycles. The average molecular weight is 490 g/mol. The average Bonchev–Trinajstić information content (AvgIpc) is 3.22. The second kappa shape index (κ2) is 8.38. The van der Waals surface area contributed by atoms with Crippen LogP contribution < -0.4 is 4.72 Å². The molecule has 0 aromatic carbocycles. The molecule has 6 atom stereocenters. The van der Waals surface area contributed by atoms with Crippen molar-refractivity contribution >= 4 is 15.6 Å². The first-order valence-corrected chi connectivity index (χ1v) is 14.5. The summed E-state index contributed by atoms with van der Waals surface area (Å²) in [5, 5.41) is 0. The third kappa shape index (κ3) is 3.72. The number of hydrogen-bond donors (Lipinski definition) is 1. The number of aromatic nitrogens is 2. The van der Waals surface area contributed by atoms with Gasteiger partial charge in [-0.3, -0.25) is 9.97 Å². The summed E-state index contributed by atoms with van der Waals surface area (Å²) in [6.07, 6.45) is 19.4. The zero-order chi connectivity index (χ0) is 24.3. The van der Waals surface area contributed by atoms with Gasteiger partial charge in [0.1, 0.15) is 4.90 Å². The summed E-state index contributed by atoms with van der Waals surface area (Å²) in [5.41, 5.74) is 4.67. The Kier molecular flexibility index (Phi) is 5.53. The van der Waals surface area contributed by atoms with Crippen LogP contribution in [0.5, 0.6) is 0 Å². The van der Waals surface area contributed by atoms with Crippen LogP contribution in [0.25, 0.3) is 5.57 Å². The molecule has 2 fully saturated rings. The zero-order valence-corrected chi connectivity index (χ0v) is 21.5. The molecule has 0 saturated heterocycles. The quantitative estimate of drug-likeness (QED) is 0.553. The van der Waals surface area contributed by atoms with E-state index in [1.807, 2.05) is 12.4 Å². The van der Waals surface area contributed by atoms with Crippen molar-refractivity contribution in [3.63, 3.8) is 0 Å². The van der Waals surface area contributed by atoms with Gasteiger partial charge in [-0.1, -0.05) is 37.6 Å². The fraction of sp³-hybridized carbons (Fsp3) is 0.517. The van der Waals surface area contributed by atoms with Crippen LogP contribution in [0.2, 0.25) is 0 Å². The lowest BCUT2D eigenvalue weighted by molar-refractivity contribution is -0.0117. The lowest BCUT2D eigenvalue weighted by Crippen LogP contribution is -2.51. The van der Waals surface area contributed by atoms with Crippen LogP contribution >= 0.6 is 0 Å². The van der Waals surface area contributed by atoms with E-state index in [1.165, 1.54) is 35.7 Å². The number of sulfonamides is 1. The van der Waals surface area contributed by atoms with Gasteiger partial charge in [0.15, 0.2) is 0 Å². The molecule has 3 unspecified atom stereocenters. The first kappa shape index (κ1) is 23.1. The Hall–Kier alpha value is -2.31. The summed E-state index contributed by atoms with van der Waals surface area (Å²) in [4.78, 5) is 8.62. The van der Waals surface area contributed by atoms with Gasteiger partial charge in [0.2, 0.25) is 10.0 Å². The molecule has 2 aromatic heterocycles. The van der Waals surface area contributed by atoms with Gasteiger partial charge in [-0.05, 0) is 103 Å². The van der Waals surface area contributed by atoms with E-state index < -0.39 is 10.0 Å². The van der Waals surface area contributed by atoms with Crippen molar-refractivity contribution in [2.45, 2.75) is 69.7 Å². The predicted molar refractivity (Wildman–Crippen MR) is 138 cm³/mol. The van der Waals surface area contributed by atoms with Gasteiger partial charge in [0, 0.05) is 30.8 Å². The summed E-state index contributed by atoms with van der Waals surface area (Å²) >= 11 is 0. The van der Waals surface area contributed by atoms with E-state index in [1.54, 1.807) is 18.3 Å². The fourth-order valence-corrected chi connectivity index (χ4v) is 9.33. The van der Waals surface area contributed by atoms with Crippen molar-refractivity contribution in [2.24, 2.45) is 28.6 Å². The summed E-state index contributed by atoms with van der Waals surface area (Å²) in [6, 6.07) is 7.50. The molecule has 1 N–H and O–H groups in total. The second-order valence-electron chi connectivity index (χ2n) is 11.6. The maximum atomic E-state index is 12.9. The van der Waals surface area contributed by atoms with E-state index in [9.17, 15) is 8.42 Å². The molecule has 0 amide bonds. The van der Waals surface area contributed by atoms with E-state index in [0.717, 1.165) is 32.1 Å². The van der Waals surface area contributed by atoms with Crippen LogP contribution in [0.3, 0.4) is 0 Å². The predicted octanol–water partition coefficient (Wildman–Crippen LogP) is 5.78. The molecule has 2 heterocycles. The number of rotatable bonds is 4. The molecular weight excluding hydrogens is 454 g/mol. The summed E-state index contributed by atoms with van der Waals surface area (Å²) in [6.45, 7) is 4.96. The third-order valence-electron chi connectivity index (χ3n) is 9.92. The molecular formula is C29H35N3O2S. The lowest BCUT2D eigenvalue weighted by atomic mass is 9.47. The number of allylic oxidation sites excluding steroid dienone is 3. The van der Waals surface area contributed by atoms with Crippen LogP contribution in [0.15, 0.2) is 71.7 Å². The number of nitrogens with zero attached hydrogens (tertiary/aromatic N) is 2. The van der Waals surface area contributed by atoms with Gasteiger partial charge in [-0.2, -0.15) is 0 Å². The largest absolute Gasteiger partial charge is 0.264 e. The van der Waals surface area contributed by atoms with Crippen molar-refractivity contribution < 1.29 is 8.42 Å².